The predicted octanol–water partition coefficient (Wildman–Crippen LogP) is 4.49. The van der Waals surface area contributed by atoms with Gasteiger partial charge in [0.25, 0.3) is 5.91 Å². The number of hydrogen-bond acceptors (Lipinski definition) is 5. The quantitative estimate of drug-likeness (QED) is 0.400. The number of hydrogen-bond donors (Lipinski definition) is 1. The van der Waals surface area contributed by atoms with E-state index in [2.05, 4.69) is 15.4 Å². The summed E-state index contributed by atoms with van der Waals surface area (Å²) in [4.78, 5) is 16.9. The van der Waals surface area contributed by atoms with E-state index in [0.717, 1.165) is 6.07 Å². The van der Waals surface area contributed by atoms with Crippen molar-refractivity contribution in [3.8, 4) is 23.1 Å². The van der Waals surface area contributed by atoms with Crippen LogP contribution in [-0.4, -0.2) is 41.0 Å². The zero-order chi connectivity index (χ0) is 23.2. The number of nitrogens with one attached hydrogen (secondary N) is 1. The fourth-order valence-electron chi connectivity index (χ4n) is 3.08. The van der Waals surface area contributed by atoms with E-state index >= 15 is 0 Å². The molecule has 1 N–H and O–H groups in total. The molecule has 0 spiro atoms. The highest BCUT2D eigenvalue weighted by Gasteiger charge is 2.16. The molecular formula is C24H20F2N4O3. The molecule has 0 aliphatic carbocycles. The largest absolute Gasteiger partial charge is 0.460 e. The molecule has 1 heterocycles. The predicted molar refractivity (Wildman–Crippen MR) is 118 cm³/mol. The summed E-state index contributed by atoms with van der Waals surface area (Å²) in [6.45, 7) is 0.620. The first kappa shape index (κ1) is 22.1. The highest BCUT2D eigenvalue weighted by molar-refractivity contribution is 6.04. The van der Waals surface area contributed by atoms with Gasteiger partial charge in [-0.2, -0.15) is 4.98 Å². The second-order valence-electron chi connectivity index (χ2n) is 6.99. The minimum Gasteiger partial charge on any atom is -0.460 e. The molecule has 0 saturated carbocycles. The fourth-order valence-corrected chi connectivity index (χ4v) is 3.08. The van der Waals surface area contributed by atoms with Gasteiger partial charge in [0.15, 0.2) is 5.82 Å². The Kier molecular flexibility index (Phi) is 6.70. The number of aromatic nitrogens is 3. The normalized spacial score (nSPS) is 10.8. The third-order valence-electron chi connectivity index (χ3n) is 4.64. The lowest BCUT2D eigenvalue weighted by molar-refractivity contribution is 0.102. The molecule has 0 fully saturated rings. The standard InChI is InChI=1S/C24H20F2N4O3/c1-32-12-13-33-24-28-22(16-8-10-18(25)11-9-16)30(29-24)21-7-3-6-20(15-21)27-23(31)17-4-2-5-19(26)14-17/h2-11,14-15H,12-13H2,1H3,(H,27,31). The average Bonchev–Trinajstić information content (AvgIpc) is 3.24. The van der Waals surface area contributed by atoms with Gasteiger partial charge >= 0.3 is 6.01 Å². The van der Waals surface area contributed by atoms with Crippen molar-refractivity contribution < 1.29 is 23.0 Å². The summed E-state index contributed by atoms with van der Waals surface area (Å²) in [6.07, 6.45) is 0. The molecular weight excluding hydrogens is 430 g/mol. The van der Waals surface area contributed by atoms with Gasteiger partial charge in [-0.3, -0.25) is 4.79 Å². The van der Waals surface area contributed by atoms with Crippen molar-refractivity contribution in [1.82, 2.24) is 14.8 Å². The minimum absolute atomic E-state index is 0.126. The van der Waals surface area contributed by atoms with Crippen LogP contribution in [0.1, 0.15) is 10.4 Å². The Labute approximate surface area is 188 Å². The number of nitrogens with zero attached hydrogens (tertiary/aromatic N) is 3. The first-order chi connectivity index (χ1) is 16.0. The number of methoxy groups -OCH3 is 1. The molecule has 1 amide bonds. The fraction of sp³-hybridized carbons (Fsp3) is 0.125. The summed E-state index contributed by atoms with van der Waals surface area (Å²) in [7, 11) is 1.56. The molecule has 1 aromatic heterocycles. The molecule has 4 aromatic rings. The first-order valence-electron chi connectivity index (χ1n) is 10.1. The van der Waals surface area contributed by atoms with E-state index in [1.165, 1.54) is 35.0 Å². The minimum atomic E-state index is -0.496. The van der Waals surface area contributed by atoms with Gasteiger partial charge < -0.3 is 14.8 Å². The number of carbonyl (C=O) groups excluding carboxylic acids is 1. The highest BCUT2D eigenvalue weighted by Crippen LogP contribution is 2.25. The maximum atomic E-state index is 13.5. The van der Waals surface area contributed by atoms with Gasteiger partial charge in [-0.15, -0.1) is 5.10 Å². The van der Waals surface area contributed by atoms with Crippen LogP contribution in [0, 0.1) is 11.6 Å². The molecule has 7 nitrogen and oxygen atoms in total. The summed E-state index contributed by atoms with van der Waals surface area (Å²) in [5.41, 5.74) is 1.88. The second-order valence-corrected chi connectivity index (χ2v) is 6.99. The molecule has 33 heavy (non-hydrogen) atoms. The molecule has 9 heteroatoms. The highest BCUT2D eigenvalue weighted by atomic mass is 19.1. The van der Waals surface area contributed by atoms with E-state index < -0.39 is 11.7 Å². The zero-order valence-electron chi connectivity index (χ0n) is 17.7. The van der Waals surface area contributed by atoms with Gasteiger partial charge in [0.1, 0.15) is 18.2 Å². The molecule has 0 bridgehead atoms. The third kappa shape index (κ3) is 5.39. The Bertz CT molecular complexity index is 1260. The van der Waals surface area contributed by atoms with Crippen LogP contribution < -0.4 is 10.1 Å². The number of halogens is 2. The second kappa shape index (κ2) is 10.0. The van der Waals surface area contributed by atoms with E-state index in [1.807, 2.05) is 0 Å². The van der Waals surface area contributed by atoms with Crippen molar-refractivity contribution in [3.05, 3.63) is 90.0 Å². The van der Waals surface area contributed by atoms with E-state index in [9.17, 15) is 13.6 Å². The summed E-state index contributed by atoms with van der Waals surface area (Å²) in [6, 6.07) is 18.3. The van der Waals surface area contributed by atoms with E-state index in [1.54, 1.807) is 43.5 Å². The van der Waals surface area contributed by atoms with Crippen molar-refractivity contribution in [2.75, 3.05) is 25.6 Å². The van der Waals surface area contributed by atoms with Crippen LogP contribution in [0.15, 0.2) is 72.8 Å². The SMILES string of the molecule is COCCOc1nc(-c2ccc(F)cc2)n(-c2cccc(NC(=O)c3cccc(F)c3)c2)n1. The lowest BCUT2D eigenvalue weighted by atomic mass is 10.2. The monoisotopic (exact) mass is 450 g/mol. The van der Waals surface area contributed by atoms with E-state index in [0.29, 0.717) is 29.4 Å². The van der Waals surface area contributed by atoms with Gasteiger partial charge in [0, 0.05) is 23.9 Å². The Morgan fingerprint density at radius 3 is 2.52 bits per heavy atom. The topological polar surface area (TPSA) is 78.3 Å². The molecule has 0 atom stereocenters. The zero-order valence-corrected chi connectivity index (χ0v) is 17.7. The number of carbonyl (C=O) groups is 1. The number of ether oxygens (including phenoxy) is 2. The van der Waals surface area contributed by atoms with Crippen molar-refractivity contribution in [1.29, 1.82) is 0 Å². The van der Waals surface area contributed by atoms with Gasteiger partial charge in [0.05, 0.1) is 12.3 Å². The number of benzene rings is 3. The van der Waals surface area contributed by atoms with E-state index in [-0.39, 0.29) is 24.0 Å². The third-order valence-corrected chi connectivity index (χ3v) is 4.64. The lowest BCUT2D eigenvalue weighted by Crippen LogP contribution is -2.12. The van der Waals surface area contributed by atoms with Crippen LogP contribution >= 0.6 is 0 Å². The van der Waals surface area contributed by atoms with Crippen LogP contribution in [0.3, 0.4) is 0 Å². The Balaban J connectivity index is 1.66. The summed E-state index contributed by atoms with van der Waals surface area (Å²) >= 11 is 0. The molecule has 0 aliphatic rings. The molecule has 4 rings (SSSR count). The average molecular weight is 450 g/mol. The maximum Gasteiger partial charge on any atom is 0.336 e. The van der Waals surface area contributed by atoms with Crippen molar-refractivity contribution in [2.24, 2.45) is 0 Å². The number of amides is 1. The molecule has 0 aliphatic heterocycles. The molecule has 0 unspecified atom stereocenters. The maximum absolute atomic E-state index is 13.5. The van der Waals surface area contributed by atoms with Crippen LogP contribution in [0.25, 0.3) is 17.1 Å². The van der Waals surface area contributed by atoms with Crippen LogP contribution in [0.5, 0.6) is 6.01 Å². The molecule has 3 aromatic carbocycles. The Hall–Kier alpha value is -4.11. The number of rotatable bonds is 8. The number of anilines is 1. The molecule has 0 saturated heterocycles. The molecule has 168 valence electrons. The van der Waals surface area contributed by atoms with Crippen LogP contribution in [-0.2, 0) is 4.74 Å². The van der Waals surface area contributed by atoms with E-state index in [4.69, 9.17) is 9.47 Å². The van der Waals surface area contributed by atoms with Crippen LogP contribution in [0.4, 0.5) is 14.5 Å². The van der Waals surface area contributed by atoms with Crippen molar-refractivity contribution in [3.63, 3.8) is 0 Å². The van der Waals surface area contributed by atoms with Crippen molar-refractivity contribution >= 4 is 11.6 Å². The van der Waals surface area contributed by atoms with Crippen LogP contribution in [0.2, 0.25) is 0 Å². The Morgan fingerprint density at radius 2 is 1.76 bits per heavy atom. The Morgan fingerprint density at radius 1 is 0.970 bits per heavy atom. The first-order valence-corrected chi connectivity index (χ1v) is 10.1. The van der Waals surface area contributed by atoms with Gasteiger partial charge in [-0.1, -0.05) is 12.1 Å². The lowest BCUT2D eigenvalue weighted by Gasteiger charge is -2.09. The molecule has 0 radical (unpaired) electrons. The van der Waals surface area contributed by atoms with Gasteiger partial charge in [-0.05, 0) is 60.7 Å². The van der Waals surface area contributed by atoms with Gasteiger partial charge in [0.2, 0.25) is 0 Å². The summed E-state index contributed by atoms with van der Waals surface area (Å²) in [5.74, 6) is -0.893. The van der Waals surface area contributed by atoms with Crippen molar-refractivity contribution in [2.45, 2.75) is 0 Å². The van der Waals surface area contributed by atoms with Gasteiger partial charge in [-0.25, -0.2) is 13.5 Å². The summed E-state index contributed by atoms with van der Waals surface area (Å²) in [5, 5.41) is 7.16. The summed E-state index contributed by atoms with van der Waals surface area (Å²) < 4.78 is 39.0. The smallest absolute Gasteiger partial charge is 0.336 e.